The fourth-order valence-electron chi connectivity index (χ4n) is 3.42. The number of hydrogen-bond donors (Lipinski definition) is 1. The van der Waals surface area contributed by atoms with Gasteiger partial charge in [0.15, 0.2) is 11.5 Å². The van der Waals surface area contributed by atoms with Gasteiger partial charge in [0.2, 0.25) is 0 Å². The van der Waals surface area contributed by atoms with E-state index in [1.54, 1.807) is 27.4 Å². The number of rotatable bonds is 7. The summed E-state index contributed by atoms with van der Waals surface area (Å²) in [5.74, 6) is 1.07. The van der Waals surface area contributed by atoms with Gasteiger partial charge < -0.3 is 23.9 Å². The van der Waals surface area contributed by atoms with Crippen molar-refractivity contribution in [3.8, 4) is 17.2 Å². The Balaban J connectivity index is 1.98. The number of carboxylic acid groups (broad SMARTS) is 1. The largest absolute Gasteiger partial charge is 0.497 e. The molecule has 3 rings (SSSR count). The Morgan fingerprint density at radius 1 is 1.00 bits per heavy atom. The topological polar surface area (TPSA) is 69.9 Å². The average Bonchev–Trinajstić information content (AvgIpc) is 2.96. The number of aryl methyl sites for hydroxylation is 2. The Morgan fingerprint density at radius 2 is 1.74 bits per heavy atom. The summed E-state index contributed by atoms with van der Waals surface area (Å²) in [6.07, 6.45) is 0.732. The number of carboxylic acids is 1. The van der Waals surface area contributed by atoms with Gasteiger partial charge in [-0.25, -0.2) is 4.79 Å². The van der Waals surface area contributed by atoms with Gasteiger partial charge in [0.05, 0.1) is 26.9 Å². The van der Waals surface area contributed by atoms with E-state index in [0.717, 1.165) is 23.2 Å². The molecule has 0 spiro atoms. The van der Waals surface area contributed by atoms with E-state index >= 15 is 0 Å². The summed E-state index contributed by atoms with van der Waals surface area (Å²) >= 11 is 0. The summed E-state index contributed by atoms with van der Waals surface area (Å²) in [7, 11) is 4.79. The molecular weight excluding hydrogens is 346 g/mol. The number of nitrogens with zero attached hydrogens (tertiary/aromatic N) is 1. The molecule has 0 saturated carbocycles. The number of ether oxygens (including phenoxy) is 3. The first-order chi connectivity index (χ1) is 13.0. The Bertz CT molecular complexity index is 990. The fourth-order valence-corrected chi connectivity index (χ4v) is 3.42. The maximum Gasteiger partial charge on any atom is 0.338 e. The van der Waals surface area contributed by atoms with Crippen LogP contribution in [-0.4, -0.2) is 37.0 Å². The molecule has 0 unspecified atom stereocenters. The molecule has 0 bridgehead atoms. The third-order valence-corrected chi connectivity index (χ3v) is 4.82. The molecule has 142 valence electrons. The van der Waals surface area contributed by atoms with Crippen LogP contribution in [0.2, 0.25) is 0 Å². The highest BCUT2D eigenvalue weighted by Crippen LogP contribution is 2.31. The lowest BCUT2D eigenvalue weighted by atomic mass is 10.1. The number of carbonyl (C=O) groups is 1. The van der Waals surface area contributed by atoms with Gasteiger partial charge in [-0.15, -0.1) is 0 Å². The van der Waals surface area contributed by atoms with E-state index in [-0.39, 0.29) is 0 Å². The van der Waals surface area contributed by atoms with Crippen LogP contribution >= 0.6 is 0 Å². The van der Waals surface area contributed by atoms with Crippen LogP contribution < -0.4 is 14.2 Å². The minimum absolute atomic E-state index is 0.316. The molecule has 1 N–H and O–H groups in total. The summed E-state index contributed by atoms with van der Waals surface area (Å²) in [5.41, 5.74) is 3.01. The summed E-state index contributed by atoms with van der Waals surface area (Å²) in [5, 5.41) is 10.4. The van der Waals surface area contributed by atoms with Crippen molar-refractivity contribution in [3.63, 3.8) is 0 Å². The standard InChI is InChI=1S/C21H23NO5/c1-13-20(21(23)24)16-12-15(25-2)6-7-17(16)22(13)10-9-14-5-8-18(26-3)19(11-14)27-4/h5-8,11-12H,9-10H2,1-4H3,(H,23,24). The third-order valence-electron chi connectivity index (χ3n) is 4.82. The number of methoxy groups -OCH3 is 3. The molecule has 1 aromatic heterocycles. The van der Waals surface area contributed by atoms with E-state index in [1.807, 2.05) is 41.8 Å². The zero-order valence-corrected chi connectivity index (χ0v) is 15.9. The first-order valence-corrected chi connectivity index (χ1v) is 8.61. The summed E-state index contributed by atoms with van der Waals surface area (Å²) < 4.78 is 17.9. The van der Waals surface area contributed by atoms with Crippen molar-refractivity contribution in [2.75, 3.05) is 21.3 Å². The highest BCUT2D eigenvalue weighted by atomic mass is 16.5. The highest BCUT2D eigenvalue weighted by molar-refractivity contribution is 6.05. The lowest BCUT2D eigenvalue weighted by Gasteiger charge is -2.12. The molecule has 0 fully saturated rings. The smallest absolute Gasteiger partial charge is 0.338 e. The van der Waals surface area contributed by atoms with Gasteiger partial charge in [-0.3, -0.25) is 0 Å². The average molecular weight is 369 g/mol. The van der Waals surface area contributed by atoms with E-state index < -0.39 is 5.97 Å². The maximum absolute atomic E-state index is 11.8. The number of fused-ring (bicyclic) bond motifs is 1. The first kappa shape index (κ1) is 18.6. The van der Waals surface area contributed by atoms with Gasteiger partial charge in [-0.1, -0.05) is 6.07 Å². The maximum atomic E-state index is 11.8. The zero-order valence-electron chi connectivity index (χ0n) is 15.9. The van der Waals surface area contributed by atoms with Gasteiger partial charge in [-0.2, -0.15) is 0 Å². The molecule has 3 aromatic rings. The van der Waals surface area contributed by atoms with Crippen LogP contribution in [0.3, 0.4) is 0 Å². The molecule has 0 aliphatic rings. The predicted molar refractivity (Wildman–Crippen MR) is 103 cm³/mol. The Labute approximate surface area is 157 Å². The molecule has 0 radical (unpaired) electrons. The quantitative estimate of drug-likeness (QED) is 0.684. The molecule has 6 heteroatoms. The molecule has 0 atom stereocenters. The minimum Gasteiger partial charge on any atom is -0.497 e. The van der Waals surface area contributed by atoms with Crippen molar-refractivity contribution in [3.05, 3.63) is 53.2 Å². The number of hydrogen-bond acceptors (Lipinski definition) is 4. The van der Waals surface area contributed by atoms with Crippen molar-refractivity contribution in [1.29, 1.82) is 0 Å². The van der Waals surface area contributed by atoms with E-state index in [9.17, 15) is 9.90 Å². The molecule has 0 aliphatic carbocycles. The molecule has 0 aliphatic heterocycles. The van der Waals surface area contributed by atoms with Crippen molar-refractivity contribution < 1.29 is 24.1 Å². The minimum atomic E-state index is -0.935. The summed E-state index contributed by atoms with van der Waals surface area (Å²) in [6, 6.07) is 11.3. The summed E-state index contributed by atoms with van der Waals surface area (Å²) in [4.78, 5) is 11.8. The first-order valence-electron chi connectivity index (χ1n) is 8.61. The zero-order chi connectivity index (χ0) is 19.6. The lowest BCUT2D eigenvalue weighted by Crippen LogP contribution is -2.06. The highest BCUT2D eigenvalue weighted by Gasteiger charge is 2.20. The molecule has 6 nitrogen and oxygen atoms in total. The molecular formula is C21H23NO5. The Morgan fingerprint density at radius 3 is 2.37 bits per heavy atom. The Hall–Kier alpha value is -3.15. The van der Waals surface area contributed by atoms with E-state index in [4.69, 9.17) is 14.2 Å². The monoisotopic (exact) mass is 369 g/mol. The van der Waals surface area contributed by atoms with E-state index in [0.29, 0.717) is 34.7 Å². The van der Waals surface area contributed by atoms with Crippen LogP contribution in [0, 0.1) is 6.92 Å². The van der Waals surface area contributed by atoms with Crippen LogP contribution in [0.1, 0.15) is 21.6 Å². The predicted octanol–water partition coefficient (Wildman–Crippen LogP) is 3.92. The van der Waals surface area contributed by atoms with Crippen LogP contribution in [-0.2, 0) is 13.0 Å². The van der Waals surface area contributed by atoms with Crippen molar-refractivity contribution in [2.24, 2.45) is 0 Å². The van der Waals surface area contributed by atoms with Gasteiger partial charge in [0.1, 0.15) is 5.75 Å². The van der Waals surface area contributed by atoms with Gasteiger partial charge in [0, 0.05) is 23.1 Å². The molecule has 0 saturated heterocycles. The van der Waals surface area contributed by atoms with Crippen molar-refractivity contribution in [2.45, 2.75) is 19.9 Å². The van der Waals surface area contributed by atoms with Crippen molar-refractivity contribution >= 4 is 16.9 Å². The molecule has 2 aromatic carbocycles. The van der Waals surface area contributed by atoms with Crippen LogP contribution in [0.5, 0.6) is 17.2 Å². The van der Waals surface area contributed by atoms with Gasteiger partial charge in [0.25, 0.3) is 0 Å². The number of aromatic nitrogens is 1. The van der Waals surface area contributed by atoms with Crippen LogP contribution in [0.15, 0.2) is 36.4 Å². The lowest BCUT2D eigenvalue weighted by molar-refractivity contribution is 0.0698. The second kappa shape index (κ2) is 7.61. The third kappa shape index (κ3) is 3.43. The fraction of sp³-hybridized carbons (Fsp3) is 0.286. The Kier molecular flexibility index (Phi) is 5.26. The number of benzene rings is 2. The van der Waals surface area contributed by atoms with Crippen molar-refractivity contribution in [1.82, 2.24) is 4.57 Å². The van der Waals surface area contributed by atoms with E-state index in [2.05, 4.69) is 0 Å². The van der Waals surface area contributed by atoms with Crippen LogP contribution in [0.25, 0.3) is 10.9 Å². The molecule has 27 heavy (non-hydrogen) atoms. The summed E-state index contributed by atoms with van der Waals surface area (Å²) in [6.45, 7) is 2.49. The number of aromatic carboxylic acids is 1. The second-order valence-corrected chi connectivity index (χ2v) is 6.24. The second-order valence-electron chi connectivity index (χ2n) is 6.24. The SMILES string of the molecule is COc1ccc2c(c1)c(C(=O)O)c(C)n2CCc1ccc(OC)c(OC)c1. The van der Waals surface area contributed by atoms with E-state index in [1.165, 1.54) is 0 Å². The normalized spacial score (nSPS) is 10.8. The molecule has 1 heterocycles. The van der Waals surface area contributed by atoms with Crippen LogP contribution in [0.4, 0.5) is 0 Å². The molecule has 0 amide bonds. The van der Waals surface area contributed by atoms with Gasteiger partial charge >= 0.3 is 5.97 Å². The van der Waals surface area contributed by atoms with Gasteiger partial charge in [-0.05, 0) is 49.2 Å².